The second-order valence-corrected chi connectivity index (χ2v) is 5.52. The van der Waals surface area contributed by atoms with Crippen LogP contribution in [0.1, 0.15) is 47.0 Å². The van der Waals surface area contributed by atoms with Crippen LogP contribution >= 0.6 is 0 Å². The van der Waals surface area contributed by atoms with Crippen molar-refractivity contribution in [3.63, 3.8) is 0 Å². The molecule has 0 aliphatic rings. The SMILES string of the molecule is CCC/C=C/[C@H](CC)N[S@@](=O)CC(C)C. The second-order valence-electron chi connectivity index (χ2n) is 4.26. The Bertz CT molecular complexity index is 202. The molecule has 3 heteroatoms. The van der Waals surface area contributed by atoms with Crippen LogP contribution in [0.25, 0.3) is 0 Å². The van der Waals surface area contributed by atoms with Crippen molar-refractivity contribution in [2.75, 3.05) is 5.75 Å². The van der Waals surface area contributed by atoms with E-state index in [4.69, 9.17) is 0 Å². The first-order chi connectivity index (χ1) is 7.10. The Balaban J connectivity index is 3.92. The van der Waals surface area contributed by atoms with Crippen LogP contribution in [-0.4, -0.2) is 16.0 Å². The topological polar surface area (TPSA) is 29.1 Å². The van der Waals surface area contributed by atoms with Crippen molar-refractivity contribution in [3.8, 4) is 0 Å². The Labute approximate surface area is 97.1 Å². The summed E-state index contributed by atoms with van der Waals surface area (Å²) in [6, 6.07) is 0.260. The van der Waals surface area contributed by atoms with Gasteiger partial charge in [-0.15, -0.1) is 0 Å². The van der Waals surface area contributed by atoms with E-state index in [1.807, 2.05) is 0 Å². The van der Waals surface area contributed by atoms with Crippen LogP contribution in [0.4, 0.5) is 0 Å². The number of unbranched alkanes of at least 4 members (excludes halogenated alkanes) is 1. The summed E-state index contributed by atoms with van der Waals surface area (Å²) in [4.78, 5) is 0. The van der Waals surface area contributed by atoms with Crippen LogP contribution in [0, 0.1) is 5.92 Å². The molecule has 0 bridgehead atoms. The molecular weight excluding hydrogens is 206 g/mol. The molecule has 0 aliphatic carbocycles. The molecule has 0 aliphatic heterocycles. The van der Waals surface area contributed by atoms with E-state index in [1.165, 1.54) is 6.42 Å². The molecule has 2 atom stereocenters. The molecule has 0 spiro atoms. The monoisotopic (exact) mass is 231 g/mol. The van der Waals surface area contributed by atoms with Crippen LogP contribution in [-0.2, 0) is 11.0 Å². The molecule has 0 heterocycles. The van der Waals surface area contributed by atoms with E-state index >= 15 is 0 Å². The first-order valence-corrected chi connectivity index (χ1v) is 7.23. The van der Waals surface area contributed by atoms with Crippen LogP contribution in [0.5, 0.6) is 0 Å². The fourth-order valence-corrected chi connectivity index (χ4v) is 2.49. The Morgan fingerprint density at radius 1 is 1.33 bits per heavy atom. The summed E-state index contributed by atoms with van der Waals surface area (Å²) in [5.74, 6) is 1.22. The van der Waals surface area contributed by atoms with E-state index in [1.54, 1.807) is 0 Å². The molecule has 0 aromatic rings. The van der Waals surface area contributed by atoms with Crippen LogP contribution in [0.2, 0.25) is 0 Å². The molecule has 90 valence electrons. The summed E-state index contributed by atoms with van der Waals surface area (Å²) in [6.07, 6.45) is 7.58. The van der Waals surface area contributed by atoms with Gasteiger partial charge < -0.3 is 0 Å². The highest BCUT2D eigenvalue weighted by atomic mass is 32.2. The maximum Gasteiger partial charge on any atom is 0.0923 e. The predicted octanol–water partition coefficient (Wildman–Crippen LogP) is 3.03. The van der Waals surface area contributed by atoms with Crippen molar-refractivity contribution in [3.05, 3.63) is 12.2 Å². The summed E-state index contributed by atoms with van der Waals surface area (Å²) < 4.78 is 14.8. The van der Waals surface area contributed by atoms with Crippen LogP contribution < -0.4 is 4.72 Å². The standard InChI is InChI=1S/C12H25NOS/c1-5-7-8-9-12(6-2)13-15(14)10-11(3)4/h8-9,11-13H,5-7,10H2,1-4H3/b9-8+/t12-,15-/m0/s1. The predicted molar refractivity (Wildman–Crippen MR) is 69.1 cm³/mol. The molecule has 0 fully saturated rings. The molecule has 1 N–H and O–H groups in total. The van der Waals surface area contributed by atoms with Gasteiger partial charge in [0.1, 0.15) is 0 Å². The van der Waals surface area contributed by atoms with Gasteiger partial charge in [-0.3, -0.25) is 0 Å². The molecule has 2 nitrogen and oxygen atoms in total. The van der Waals surface area contributed by atoms with Gasteiger partial charge in [0, 0.05) is 11.8 Å². The molecule has 15 heavy (non-hydrogen) atoms. The third kappa shape index (κ3) is 8.82. The van der Waals surface area contributed by atoms with E-state index < -0.39 is 11.0 Å². The smallest absolute Gasteiger partial charge is 0.0923 e. The highest BCUT2D eigenvalue weighted by Crippen LogP contribution is 2.00. The van der Waals surface area contributed by atoms with Gasteiger partial charge in [-0.1, -0.05) is 46.3 Å². The summed E-state index contributed by atoms with van der Waals surface area (Å²) in [5.41, 5.74) is 0. The minimum Gasteiger partial charge on any atom is -0.243 e. The molecule has 0 unspecified atom stereocenters. The average Bonchev–Trinajstić information content (AvgIpc) is 2.15. The zero-order valence-corrected chi connectivity index (χ0v) is 11.3. The fraction of sp³-hybridized carbons (Fsp3) is 0.833. The first kappa shape index (κ1) is 14.8. The number of hydrogen-bond acceptors (Lipinski definition) is 1. The van der Waals surface area contributed by atoms with Crippen molar-refractivity contribution >= 4 is 11.0 Å². The van der Waals surface area contributed by atoms with E-state index in [2.05, 4.69) is 44.6 Å². The molecule has 0 aromatic carbocycles. The first-order valence-electron chi connectivity index (χ1n) is 5.91. The summed E-state index contributed by atoms with van der Waals surface area (Å²) >= 11 is 0. The van der Waals surface area contributed by atoms with Crippen molar-refractivity contribution in [2.45, 2.75) is 53.0 Å². The van der Waals surface area contributed by atoms with E-state index in [0.717, 1.165) is 18.6 Å². The van der Waals surface area contributed by atoms with Gasteiger partial charge in [0.05, 0.1) is 11.0 Å². The Morgan fingerprint density at radius 3 is 2.47 bits per heavy atom. The number of hydrogen-bond donors (Lipinski definition) is 1. The third-order valence-electron chi connectivity index (χ3n) is 2.03. The van der Waals surface area contributed by atoms with Gasteiger partial charge in [0.25, 0.3) is 0 Å². The van der Waals surface area contributed by atoms with Gasteiger partial charge >= 0.3 is 0 Å². The second kappa shape index (κ2) is 9.10. The average molecular weight is 231 g/mol. The molecule has 0 aromatic heterocycles. The highest BCUT2D eigenvalue weighted by molar-refractivity contribution is 7.83. The van der Waals surface area contributed by atoms with Crippen molar-refractivity contribution in [1.82, 2.24) is 4.72 Å². The molecular formula is C12H25NOS. The maximum absolute atomic E-state index is 11.6. The van der Waals surface area contributed by atoms with Gasteiger partial charge in [0.15, 0.2) is 0 Å². The fourth-order valence-electron chi connectivity index (χ4n) is 1.21. The molecule has 0 saturated carbocycles. The normalized spacial score (nSPS) is 16.1. The van der Waals surface area contributed by atoms with E-state index in [9.17, 15) is 4.21 Å². The quantitative estimate of drug-likeness (QED) is 0.639. The van der Waals surface area contributed by atoms with E-state index in [0.29, 0.717) is 5.92 Å². The summed E-state index contributed by atoms with van der Waals surface area (Å²) in [5, 5.41) is 0. The Morgan fingerprint density at radius 2 is 2.00 bits per heavy atom. The van der Waals surface area contributed by atoms with Gasteiger partial charge in [-0.05, 0) is 18.8 Å². The maximum atomic E-state index is 11.6. The van der Waals surface area contributed by atoms with Gasteiger partial charge in [0.2, 0.25) is 0 Å². The number of nitrogens with one attached hydrogen (secondary N) is 1. The lowest BCUT2D eigenvalue weighted by Crippen LogP contribution is -2.31. The van der Waals surface area contributed by atoms with Gasteiger partial charge in [-0.2, -0.15) is 0 Å². The zero-order chi connectivity index (χ0) is 11.7. The third-order valence-corrected chi connectivity index (χ3v) is 3.57. The summed E-state index contributed by atoms with van der Waals surface area (Å²) in [6.45, 7) is 8.46. The Kier molecular flexibility index (Phi) is 9.01. The zero-order valence-electron chi connectivity index (χ0n) is 10.5. The Hall–Kier alpha value is -0.150. The van der Waals surface area contributed by atoms with Gasteiger partial charge in [-0.25, -0.2) is 8.93 Å². The minimum atomic E-state index is -0.887. The highest BCUT2D eigenvalue weighted by Gasteiger charge is 2.07. The van der Waals surface area contributed by atoms with Crippen molar-refractivity contribution in [2.24, 2.45) is 5.92 Å². The largest absolute Gasteiger partial charge is 0.243 e. The molecule has 0 amide bonds. The molecule has 0 rings (SSSR count). The van der Waals surface area contributed by atoms with E-state index in [-0.39, 0.29) is 6.04 Å². The molecule has 0 radical (unpaired) electrons. The van der Waals surface area contributed by atoms with Crippen molar-refractivity contribution in [1.29, 1.82) is 0 Å². The lowest BCUT2D eigenvalue weighted by molar-refractivity contribution is 0.633. The number of allylic oxidation sites excluding steroid dienone is 1. The lowest BCUT2D eigenvalue weighted by atomic mass is 10.2. The summed E-state index contributed by atoms with van der Waals surface area (Å²) in [7, 11) is -0.887. The lowest BCUT2D eigenvalue weighted by Gasteiger charge is -2.13. The number of rotatable bonds is 8. The molecule has 0 saturated heterocycles. The van der Waals surface area contributed by atoms with Crippen LogP contribution in [0.15, 0.2) is 12.2 Å². The minimum absolute atomic E-state index is 0.260. The van der Waals surface area contributed by atoms with Crippen LogP contribution in [0.3, 0.4) is 0 Å². The van der Waals surface area contributed by atoms with Crippen molar-refractivity contribution < 1.29 is 4.21 Å².